The van der Waals surface area contributed by atoms with Gasteiger partial charge in [0.2, 0.25) is 0 Å². The number of hydrogen-bond donors (Lipinski definition) is 0. The van der Waals surface area contributed by atoms with Gasteiger partial charge in [-0.2, -0.15) is 0 Å². The minimum Gasteiger partial charge on any atom is -0.493 e. The normalized spacial score (nSPS) is 10.8. The molecule has 0 spiro atoms. The van der Waals surface area contributed by atoms with Crippen LogP contribution >= 0.6 is 0 Å². The van der Waals surface area contributed by atoms with Crippen molar-refractivity contribution in [1.29, 1.82) is 0 Å². The largest absolute Gasteiger partial charge is 0.493 e. The van der Waals surface area contributed by atoms with Crippen molar-refractivity contribution in [2.75, 3.05) is 7.11 Å². The predicted molar refractivity (Wildman–Crippen MR) is 58.3 cm³/mol. The highest BCUT2D eigenvalue weighted by Crippen LogP contribution is 2.32. The Morgan fingerprint density at radius 3 is 2.94 bits per heavy atom. The van der Waals surface area contributed by atoms with Crippen LogP contribution in [0.4, 0.5) is 0 Å². The average molecular weight is 215 g/mol. The van der Waals surface area contributed by atoms with Crippen molar-refractivity contribution < 1.29 is 13.7 Å². The fourth-order valence-electron chi connectivity index (χ4n) is 1.66. The zero-order chi connectivity index (χ0) is 11.0. The second-order valence-electron chi connectivity index (χ2n) is 3.37. The molecule has 0 amide bonds. The lowest BCUT2D eigenvalue weighted by Crippen LogP contribution is -1.81. The molecule has 1 aromatic carbocycles. The van der Waals surface area contributed by atoms with Gasteiger partial charge in [-0.3, -0.25) is 0 Å². The average Bonchev–Trinajstić information content (AvgIpc) is 2.96. The number of nitrogens with zero attached hydrogens (tertiary/aromatic N) is 1. The molecular formula is C12H9NO3. The van der Waals surface area contributed by atoms with E-state index in [0.717, 1.165) is 11.0 Å². The molecule has 0 N–H and O–H groups in total. The van der Waals surface area contributed by atoms with E-state index in [1.165, 1.54) is 6.26 Å². The Kier molecular flexibility index (Phi) is 1.93. The summed E-state index contributed by atoms with van der Waals surface area (Å²) in [5.74, 6) is 1.39. The van der Waals surface area contributed by atoms with E-state index in [1.54, 1.807) is 13.2 Å². The Balaban J connectivity index is 2.23. The van der Waals surface area contributed by atoms with Gasteiger partial charge in [-0.05, 0) is 12.1 Å². The predicted octanol–water partition coefficient (Wildman–Crippen LogP) is 3.10. The van der Waals surface area contributed by atoms with Gasteiger partial charge in [0, 0.05) is 11.5 Å². The Morgan fingerprint density at radius 1 is 1.25 bits per heavy atom. The number of rotatable bonds is 2. The number of ether oxygens (including phenoxy) is 1. The topological polar surface area (TPSA) is 48.4 Å². The molecule has 0 aliphatic heterocycles. The van der Waals surface area contributed by atoms with Crippen LogP contribution in [0, 0.1) is 0 Å². The highest BCUT2D eigenvalue weighted by molar-refractivity contribution is 5.86. The molecule has 2 aromatic heterocycles. The minimum atomic E-state index is 0.674. The fourth-order valence-corrected chi connectivity index (χ4v) is 1.66. The first kappa shape index (κ1) is 9.03. The van der Waals surface area contributed by atoms with E-state index in [4.69, 9.17) is 13.7 Å². The van der Waals surface area contributed by atoms with E-state index < -0.39 is 0 Å². The molecule has 3 aromatic rings. The van der Waals surface area contributed by atoms with E-state index in [-0.39, 0.29) is 0 Å². The van der Waals surface area contributed by atoms with Crippen LogP contribution in [0.5, 0.6) is 5.75 Å². The number of benzene rings is 1. The number of para-hydroxylation sites is 1. The molecule has 0 saturated heterocycles. The van der Waals surface area contributed by atoms with Crippen molar-refractivity contribution in [3.8, 4) is 17.2 Å². The molecule has 2 heterocycles. The van der Waals surface area contributed by atoms with Gasteiger partial charge in [-0.25, -0.2) is 0 Å². The number of methoxy groups -OCH3 is 1. The zero-order valence-electron chi connectivity index (χ0n) is 8.64. The van der Waals surface area contributed by atoms with E-state index in [2.05, 4.69) is 5.16 Å². The highest BCUT2D eigenvalue weighted by Gasteiger charge is 2.11. The van der Waals surface area contributed by atoms with E-state index in [1.807, 2.05) is 24.3 Å². The zero-order valence-corrected chi connectivity index (χ0v) is 8.64. The second kappa shape index (κ2) is 3.41. The highest BCUT2D eigenvalue weighted by atomic mass is 16.5. The maximum absolute atomic E-state index is 5.69. The van der Waals surface area contributed by atoms with Crippen LogP contribution in [-0.4, -0.2) is 12.3 Å². The van der Waals surface area contributed by atoms with Crippen LogP contribution in [0.2, 0.25) is 0 Å². The summed E-state index contributed by atoms with van der Waals surface area (Å²) in [6.45, 7) is 0. The van der Waals surface area contributed by atoms with Crippen molar-refractivity contribution >= 4 is 11.0 Å². The molecule has 80 valence electrons. The Morgan fingerprint density at radius 2 is 2.19 bits per heavy atom. The van der Waals surface area contributed by atoms with Crippen LogP contribution in [-0.2, 0) is 0 Å². The number of fused-ring (bicyclic) bond motifs is 1. The maximum Gasteiger partial charge on any atom is 0.176 e. The molecule has 4 nitrogen and oxygen atoms in total. The molecule has 0 saturated carbocycles. The Bertz CT molecular complexity index is 610. The minimum absolute atomic E-state index is 0.674. The van der Waals surface area contributed by atoms with Gasteiger partial charge in [0.15, 0.2) is 17.1 Å². The van der Waals surface area contributed by atoms with Crippen LogP contribution in [0.1, 0.15) is 0 Å². The monoisotopic (exact) mass is 215 g/mol. The first-order valence-electron chi connectivity index (χ1n) is 4.86. The quantitative estimate of drug-likeness (QED) is 0.659. The lowest BCUT2D eigenvalue weighted by atomic mass is 10.2. The third-order valence-electron chi connectivity index (χ3n) is 2.42. The third-order valence-corrected chi connectivity index (χ3v) is 2.42. The van der Waals surface area contributed by atoms with E-state index >= 15 is 0 Å². The molecule has 0 unspecified atom stereocenters. The number of hydrogen-bond acceptors (Lipinski definition) is 4. The van der Waals surface area contributed by atoms with Crippen molar-refractivity contribution in [3.05, 3.63) is 36.6 Å². The lowest BCUT2D eigenvalue weighted by Gasteiger charge is -1.98. The maximum atomic E-state index is 5.69. The number of furan rings is 1. The summed E-state index contributed by atoms with van der Waals surface area (Å²) in [4.78, 5) is 0. The molecule has 0 radical (unpaired) electrons. The lowest BCUT2D eigenvalue weighted by molar-refractivity contribution is 0.409. The van der Waals surface area contributed by atoms with Gasteiger partial charge in [0.25, 0.3) is 0 Å². The summed E-state index contributed by atoms with van der Waals surface area (Å²) >= 11 is 0. The molecule has 0 aliphatic rings. The van der Waals surface area contributed by atoms with Gasteiger partial charge >= 0.3 is 0 Å². The Labute approximate surface area is 91.4 Å². The SMILES string of the molecule is COc1cccc2cc(-c3ccon3)oc12. The third kappa shape index (κ3) is 1.27. The summed E-state index contributed by atoms with van der Waals surface area (Å²) in [6, 6.07) is 9.41. The fraction of sp³-hybridized carbons (Fsp3) is 0.0833. The molecule has 0 aliphatic carbocycles. The molecule has 0 fully saturated rings. The summed E-state index contributed by atoms with van der Waals surface area (Å²) in [5.41, 5.74) is 1.40. The molecule has 3 rings (SSSR count). The smallest absolute Gasteiger partial charge is 0.176 e. The van der Waals surface area contributed by atoms with Crippen molar-refractivity contribution in [2.24, 2.45) is 0 Å². The van der Waals surface area contributed by atoms with Crippen molar-refractivity contribution in [3.63, 3.8) is 0 Å². The molecule has 4 heteroatoms. The summed E-state index contributed by atoms with van der Waals surface area (Å²) < 4.78 is 15.7. The van der Waals surface area contributed by atoms with E-state index in [0.29, 0.717) is 17.2 Å². The Hall–Kier alpha value is -2.23. The van der Waals surface area contributed by atoms with Crippen LogP contribution in [0.15, 0.2) is 45.5 Å². The van der Waals surface area contributed by atoms with Crippen LogP contribution in [0.25, 0.3) is 22.4 Å². The first-order valence-corrected chi connectivity index (χ1v) is 4.86. The second-order valence-corrected chi connectivity index (χ2v) is 3.37. The van der Waals surface area contributed by atoms with Gasteiger partial charge in [-0.15, -0.1) is 0 Å². The molecule has 0 bridgehead atoms. The van der Waals surface area contributed by atoms with Gasteiger partial charge in [-0.1, -0.05) is 17.3 Å². The van der Waals surface area contributed by atoms with Crippen molar-refractivity contribution in [2.45, 2.75) is 0 Å². The molecule has 0 atom stereocenters. The summed E-state index contributed by atoms with van der Waals surface area (Å²) in [5, 5.41) is 4.81. The first-order chi connectivity index (χ1) is 7.88. The standard InChI is InChI=1S/C12H9NO3/c1-14-10-4-2-3-8-7-11(16-12(8)10)9-5-6-15-13-9/h2-7H,1H3. The van der Waals surface area contributed by atoms with Crippen LogP contribution in [0.3, 0.4) is 0 Å². The molecular weight excluding hydrogens is 206 g/mol. The van der Waals surface area contributed by atoms with E-state index in [9.17, 15) is 0 Å². The number of aromatic nitrogens is 1. The summed E-state index contributed by atoms with van der Waals surface area (Å²) in [7, 11) is 1.62. The van der Waals surface area contributed by atoms with Gasteiger partial charge < -0.3 is 13.7 Å². The van der Waals surface area contributed by atoms with Gasteiger partial charge in [0.1, 0.15) is 12.0 Å². The molecule has 16 heavy (non-hydrogen) atoms. The summed E-state index contributed by atoms with van der Waals surface area (Å²) in [6.07, 6.45) is 1.51. The van der Waals surface area contributed by atoms with Crippen molar-refractivity contribution in [1.82, 2.24) is 5.16 Å². The van der Waals surface area contributed by atoms with Gasteiger partial charge in [0.05, 0.1) is 7.11 Å². The van der Waals surface area contributed by atoms with Crippen LogP contribution < -0.4 is 4.74 Å².